The fourth-order valence-electron chi connectivity index (χ4n) is 10.8. The summed E-state index contributed by atoms with van der Waals surface area (Å²) in [5.74, 6) is -0.208. The number of anilines is 4. The van der Waals surface area contributed by atoms with Crippen molar-refractivity contribution in [3.05, 3.63) is 138 Å². The summed E-state index contributed by atoms with van der Waals surface area (Å²) in [7, 11) is -9.93. The predicted octanol–water partition coefficient (Wildman–Crippen LogP) is 13.0. The van der Waals surface area contributed by atoms with E-state index < -0.39 is 39.8 Å². The topological polar surface area (TPSA) is 145 Å². The second-order valence-electron chi connectivity index (χ2n) is 20.0. The Balaban J connectivity index is 0.918. The highest BCUT2D eigenvalue weighted by molar-refractivity contribution is 7.99. The summed E-state index contributed by atoms with van der Waals surface area (Å²) in [5, 5.41) is 14.2. The summed E-state index contributed by atoms with van der Waals surface area (Å²) in [6.45, 7) is 10.9. The average Bonchev–Trinajstić information content (AvgIpc) is 4.10. The van der Waals surface area contributed by atoms with E-state index in [2.05, 4.69) is 24.6 Å². The van der Waals surface area contributed by atoms with Crippen molar-refractivity contribution in [2.45, 2.75) is 67.4 Å². The molecular weight excluding hydrogens is 1090 g/mol. The van der Waals surface area contributed by atoms with Crippen molar-refractivity contribution in [1.82, 2.24) is 9.47 Å². The highest BCUT2D eigenvalue weighted by atomic mass is 35.5. The molecule has 4 heterocycles. The summed E-state index contributed by atoms with van der Waals surface area (Å²) in [6, 6.07) is 35.4. The average molecular weight is 1150 g/mol. The van der Waals surface area contributed by atoms with Crippen LogP contribution in [0.2, 0.25) is 5.02 Å². The van der Waals surface area contributed by atoms with Gasteiger partial charge in [0.15, 0.2) is 8.46 Å². The van der Waals surface area contributed by atoms with Crippen LogP contribution < -0.4 is 25.1 Å². The van der Waals surface area contributed by atoms with Gasteiger partial charge in [0.2, 0.25) is 0 Å². The molecular formula is C56H62ClF3N6O7P2S2. The van der Waals surface area contributed by atoms with Crippen LogP contribution in [-0.2, 0) is 23.5 Å². The van der Waals surface area contributed by atoms with E-state index in [4.69, 9.17) is 16.1 Å². The Hall–Kier alpha value is -5.32. The molecule has 21 heteroatoms. The van der Waals surface area contributed by atoms with Gasteiger partial charge in [-0.25, -0.2) is 13.2 Å². The molecule has 0 unspecified atom stereocenters. The number of piperidine rings is 1. The van der Waals surface area contributed by atoms with E-state index in [-0.39, 0.29) is 44.2 Å². The molecule has 5 aromatic carbocycles. The maximum atomic E-state index is 15.0. The lowest BCUT2D eigenvalue weighted by Crippen LogP contribution is -2.46. The molecule has 9 rings (SSSR count). The van der Waals surface area contributed by atoms with E-state index in [1.807, 2.05) is 99.6 Å². The number of alkyl halides is 3. The van der Waals surface area contributed by atoms with Gasteiger partial charge in [0, 0.05) is 95.0 Å². The Labute approximate surface area is 459 Å². The highest BCUT2D eigenvalue weighted by Crippen LogP contribution is 2.56. The molecule has 77 heavy (non-hydrogen) atoms. The molecule has 408 valence electrons. The monoisotopic (exact) mass is 1150 g/mol. The first-order valence-electron chi connectivity index (χ1n) is 25.7. The molecule has 3 saturated heterocycles. The molecule has 6 aromatic rings. The fraction of sp³-hybridized carbons (Fsp3) is 0.375. The van der Waals surface area contributed by atoms with Crippen molar-refractivity contribution < 1.29 is 45.1 Å². The van der Waals surface area contributed by atoms with E-state index in [0.717, 1.165) is 65.1 Å². The second kappa shape index (κ2) is 24.0. The van der Waals surface area contributed by atoms with E-state index in [1.54, 1.807) is 24.3 Å². The van der Waals surface area contributed by atoms with Gasteiger partial charge in [0.25, 0.3) is 9.84 Å². The van der Waals surface area contributed by atoms with Crippen LogP contribution in [0.5, 0.6) is 0 Å². The van der Waals surface area contributed by atoms with Crippen LogP contribution in [0, 0.1) is 12.8 Å². The third kappa shape index (κ3) is 12.3. The fourth-order valence-corrected chi connectivity index (χ4v) is 15.7. The molecule has 3 fully saturated rings. The number of carboxylic acids is 1. The molecule has 2 N–H and O–H groups in total. The van der Waals surface area contributed by atoms with Crippen molar-refractivity contribution in [2.24, 2.45) is 5.92 Å². The van der Waals surface area contributed by atoms with E-state index >= 15 is 4.57 Å². The molecule has 0 radical (unpaired) electrons. The van der Waals surface area contributed by atoms with Gasteiger partial charge >= 0.3 is 19.0 Å². The number of piperazine rings is 1. The number of carbonyl (C=O) groups is 1. The number of benzene rings is 5. The maximum absolute atomic E-state index is 15.0. The van der Waals surface area contributed by atoms with Crippen LogP contribution in [0.15, 0.2) is 131 Å². The van der Waals surface area contributed by atoms with E-state index in [0.29, 0.717) is 78.9 Å². The first kappa shape index (κ1) is 56.4. The number of halogens is 4. The third-order valence-corrected chi connectivity index (χ3v) is 20.9. The van der Waals surface area contributed by atoms with Gasteiger partial charge < -0.3 is 34.2 Å². The zero-order chi connectivity index (χ0) is 54.6. The summed E-state index contributed by atoms with van der Waals surface area (Å²) < 4.78 is 106. The number of nitrogens with zero attached hydrogens (tertiary/aromatic N) is 5. The van der Waals surface area contributed by atoms with Crippen molar-refractivity contribution in [3.8, 4) is 22.4 Å². The zero-order valence-electron chi connectivity index (χ0n) is 43.0. The lowest BCUT2D eigenvalue weighted by molar-refractivity contribution is -0.0435. The van der Waals surface area contributed by atoms with Crippen LogP contribution in [0.3, 0.4) is 0 Å². The molecule has 0 bridgehead atoms. The number of thioether (sulfide) groups is 1. The second-order valence-corrected chi connectivity index (χ2v) is 26.3. The number of rotatable bonds is 19. The van der Waals surface area contributed by atoms with Gasteiger partial charge in [-0.05, 0) is 149 Å². The van der Waals surface area contributed by atoms with Gasteiger partial charge in [0.1, 0.15) is 4.90 Å². The number of carboxylic acid groups (broad SMARTS) is 1. The standard InChI is InChI=1S/C56H62ClF3N6O7P2S2/c1-38(2)66-39(3)52(55(67)68)53(54(66)41-12-14-43(57)15-13-41)42-8-7-9-47(34-42)64-30-28-63(29-31-64)45-16-18-46(19-17-45)65-32-33-73-75(65,70)48-20-21-50(51(35-48)77(71,72)56(58,59)60)61-44(37-76-49-10-5-4-6-11-49)24-27-62-25-22-40(23-26-62)36-74-69/h4-21,34-35,38,40,44,61H,22-33,36-37H2,1-3H3,(H,67,68)/t44-,75-/m1/s1. The van der Waals surface area contributed by atoms with Gasteiger partial charge in [-0.1, -0.05) is 54.1 Å². The molecule has 1 aromatic heterocycles. The van der Waals surface area contributed by atoms with Gasteiger partial charge in [-0.3, -0.25) is 13.8 Å². The minimum Gasteiger partial charge on any atom is -0.478 e. The molecule has 0 saturated carbocycles. The molecule has 3 aliphatic heterocycles. The minimum absolute atomic E-state index is 0.000697. The van der Waals surface area contributed by atoms with E-state index in [1.165, 1.54) is 28.6 Å². The van der Waals surface area contributed by atoms with Crippen molar-refractivity contribution in [3.63, 3.8) is 0 Å². The quantitative estimate of drug-likeness (QED) is 0.0587. The van der Waals surface area contributed by atoms with Gasteiger partial charge in [-0.15, -0.1) is 11.8 Å². The lowest BCUT2D eigenvalue weighted by atomic mass is 9.96. The Morgan fingerprint density at radius 1 is 0.844 bits per heavy atom. The van der Waals surface area contributed by atoms with Crippen LogP contribution >= 0.6 is 39.3 Å². The van der Waals surface area contributed by atoms with Crippen molar-refractivity contribution in [1.29, 1.82) is 0 Å². The smallest absolute Gasteiger partial charge is 0.478 e. The highest BCUT2D eigenvalue weighted by Gasteiger charge is 2.49. The zero-order valence-corrected chi connectivity index (χ0v) is 47.2. The number of hydrogen-bond donors (Lipinski definition) is 2. The molecule has 2 atom stereocenters. The Kier molecular flexibility index (Phi) is 17.5. The first-order valence-corrected chi connectivity index (χ1v) is 31.2. The summed E-state index contributed by atoms with van der Waals surface area (Å²) >= 11 is 7.79. The third-order valence-electron chi connectivity index (χ3n) is 14.8. The molecule has 3 aliphatic rings. The van der Waals surface area contributed by atoms with Gasteiger partial charge in [-0.2, -0.15) is 13.2 Å². The molecule has 0 spiro atoms. The summed E-state index contributed by atoms with van der Waals surface area (Å²) in [6.07, 6.45) is 2.90. The first-order chi connectivity index (χ1) is 36.9. The van der Waals surface area contributed by atoms with Crippen LogP contribution in [0.25, 0.3) is 22.4 Å². The van der Waals surface area contributed by atoms with Crippen molar-refractivity contribution >= 4 is 83.2 Å². The Bertz CT molecular complexity index is 3230. The summed E-state index contributed by atoms with van der Waals surface area (Å²) in [4.78, 5) is 19.6. The van der Waals surface area contributed by atoms with Gasteiger partial charge in [0.05, 0.1) is 35.4 Å². The SMILES string of the molecule is Cc1c(C(=O)O)c(-c2cccc(N3CCN(c4ccc(N5CCO[P@]5(=O)c5ccc(N[C@H](CCN6CCC(CP=O)CC6)CSc6ccccc6)c(S(=O)(=O)C(F)(F)F)c5)cc4)CC3)c2)c(-c2ccc(Cl)cc2)n1C(C)C. The number of hydrogen-bond acceptors (Lipinski definition) is 11. The van der Waals surface area contributed by atoms with Crippen LogP contribution in [0.4, 0.5) is 35.9 Å². The van der Waals surface area contributed by atoms with Crippen molar-refractivity contribution in [2.75, 3.05) is 90.7 Å². The number of aromatic nitrogens is 1. The Morgan fingerprint density at radius 2 is 1.51 bits per heavy atom. The van der Waals surface area contributed by atoms with Crippen LogP contribution in [-0.4, -0.2) is 111 Å². The van der Waals surface area contributed by atoms with E-state index in [9.17, 15) is 36.1 Å². The normalized spacial score (nSPS) is 18.4. The number of nitrogens with one attached hydrogen (secondary N) is 1. The molecule has 0 aliphatic carbocycles. The lowest BCUT2D eigenvalue weighted by Gasteiger charge is -2.37. The maximum Gasteiger partial charge on any atom is 0.501 e. The number of likely N-dealkylation sites (tertiary alicyclic amines) is 1. The number of aromatic carboxylic acids is 1. The molecule has 13 nitrogen and oxygen atoms in total. The molecule has 0 amide bonds. The minimum atomic E-state index is -5.94. The Morgan fingerprint density at radius 3 is 2.14 bits per heavy atom. The largest absolute Gasteiger partial charge is 0.501 e. The van der Waals surface area contributed by atoms with Crippen LogP contribution in [0.1, 0.15) is 55.2 Å². The predicted molar refractivity (Wildman–Crippen MR) is 304 cm³/mol. The number of sulfone groups is 1. The summed E-state index contributed by atoms with van der Waals surface area (Å²) in [5.41, 5.74) is 0.487.